The second kappa shape index (κ2) is 3.11. The maximum atomic E-state index is 9.16. The van der Waals surface area contributed by atoms with E-state index in [9.17, 15) is 0 Å². The van der Waals surface area contributed by atoms with Crippen LogP contribution in [0.25, 0.3) is 0 Å². The SMILES string of the molecule is O=S(=O)(O)[SeH].[Zn]. The Morgan fingerprint density at radius 1 is 1.50 bits per heavy atom. The Labute approximate surface area is 55.9 Å². The van der Waals surface area contributed by atoms with Gasteiger partial charge in [0, 0.05) is 19.5 Å². The molecule has 1 N–H and O–H groups in total. The van der Waals surface area contributed by atoms with Crippen molar-refractivity contribution in [2.45, 2.75) is 0 Å². The predicted octanol–water partition coefficient (Wildman–Crippen LogP) is -1.31. The number of hydrogen-bond donors (Lipinski definition) is 1. The van der Waals surface area contributed by atoms with Gasteiger partial charge in [0.25, 0.3) is 0 Å². The molecule has 6 heteroatoms. The zero-order valence-electron chi connectivity index (χ0n) is 2.83. The van der Waals surface area contributed by atoms with Gasteiger partial charge in [-0.1, -0.05) is 0 Å². The van der Waals surface area contributed by atoms with E-state index in [4.69, 9.17) is 13.0 Å². The average molecular weight is 226 g/mol. The van der Waals surface area contributed by atoms with Crippen molar-refractivity contribution in [3.05, 3.63) is 0 Å². The average Bonchev–Trinajstić information content (AvgIpc) is 0.722. The standard InChI is InChI=1S/H2O3SSe.Zn/c1-4(2,3)5;/h(H2,1,2,3,5);. The van der Waals surface area contributed by atoms with E-state index in [1.54, 1.807) is 0 Å². The predicted molar refractivity (Wildman–Crippen MR) is 18.7 cm³/mol. The fourth-order valence-electron chi connectivity index (χ4n) is 0. The molecule has 0 saturated carbocycles. The third-order valence-electron chi connectivity index (χ3n) is 0. The molecule has 0 spiro atoms. The molecule has 0 saturated heterocycles. The third kappa shape index (κ3) is 74.9. The van der Waals surface area contributed by atoms with Crippen molar-refractivity contribution in [1.82, 2.24) is 0 Å². The number of rotatable bonds is 0. The van der Waals surface area contributed by atoms with Crippen molar-refractivity contribution >= 4 is 23.4 Å². The first kappa shape index (κ1) is 10.1. The summed E-state index contributed by atoms with van der Waals surface area (Å²) < 4.78 is 25.8. The molecule has 0 aromatic rings. The maximum Gasteiger partial charge on any atom is 0 e. The summed E-state index contributed by atoms with van der Waals surface area (Å²) in [6.07, 6.45) is 0. The number of hydrogen-bond acceptors (Lipinski definition) is 2. The Morgan fingerprint density at radius 2 is 1.50 bits per heavy atom. The van der Waals surface area contributed by atoms with E-state index in [1.807, 2.05) is 0 Å². The minimum atomic E-state index is -3.73. The maximum absolute atomic E-state index is 9.16. The molecule has 0 aromatic heterocycles. The summed E-state index contributed by atoms with van der Waals surface area (Å²) in [7, 11) is -3.73. The third-order valence-corrected chi connectivity index (χ3v) is 0. The zero-order chi connectivity index (χ0) is 4.50. The van der Waals surface area contributed by atoms with Crippen LogP contribution in [-0.2, 0) is 28.0 Å². The van der Waals surface area contributed by atoms with Gasteiger partial charge in [-0.3, -0.25) is 0 Å². The fraction of sp³-hybridized carbons (Fsp3) is 0. The molecular formula is H2O3SSeZn. The van der Waals surface area contributed by atoms with E-state index in [2.05, 4.69) is 0 Å². The van der Waals surface area contributed by atoms with E-state index in [0.717, 1.165) is 14.9 Å². The van der Waals surface area contributed by atoms with Crippen LogP contribution in [0.1, 0.15) is 0 Å². The minimum Gasteiger partial charge on any atom is 0 e. The van der Waals surface area contributed by atoms with Gasteiger partial charge in [-0.15, -0.1) is 0 Å². The van der Waals surface area contributed by atoms with Gasteiger partial charge >= 0.3 is 36.4 Å². The van der Waals surface area contributed by atoms with Gasteiger partial charge in [0.05, 0.1) is 0 Å². The summed E-state index contributed by atoms with van der Waals surface area (Å²) in [5.41, 5.74) is 0. The minimum absolute atomic E-state index is 0. The van der Waals surface area contributed by atoms with Crippen LogP contribution in [0, 0.1) is 0 Å². The molecule has 0 aliphatic rings. The van der Waals surface area contributed by atoms with Crippen LogP contribution >= 0.6 is 0 Å². The second-order valence-electron chi connectivity index (χ2n) is 0.448. The molecule has 0 heterocycles. The quantitative estimate of drug-likeness (QED) is 0.412. The van der Waals surface area contributed by atoms with Crippen LogP contribution in [0.4, 0.5) is 0 Å². The fourth-order valence-corrected chi connectivity index (χ4v) is 0. The van der Waals surface area contributed by atoms with Crippen LogP contribution in [0.15, 0.2) is 0 Å². The zero-order valence-corrected chi connectivity index (χ0v) is 8.49. The van der Waals surface area contributed by atoms with Gasteiger partial charge in [-0.2, -0.15) is 0 Å². The van der Waals surface area contributed by atoms with Crippen molar-refractivity contribution in [3.8, 4) is 0 Å². The molecule has 0 atom stereocenters. The molecule has 0 radical (unpaired) electrons. The molecule has 0 fully saturated rings. The summed E-state index contributed by atoms with van der Waals surface area (Å²) in [5.74, 6) is 0. The van der Waals surface area contributed by atoms with Crippen molar-refractivity contribution in [3.63, 3.8) is 0 Å². The summed E-state index contributed by atoms with van der Waals surface area (Å²) in [4.78, 5) is 0. The molecule has 0 aliphatic heterocycles. The first-order valence-corrected chi connectivity index (χ1v) is 4.39. The Hall–Kier alpha value is 1.05. The van der Waals surface area contributed by atoms with Gasteiger partial charge in [0.15, 0.2) is 0 Å². The summed E-state index contributed by atoms with van der Waals surface area (Å²) in [6.45, 7) is 0. The Bertz CT molecular complexity index is 94.0. The molecule has 0 aliphatic carbocycles. The van der Waals surface area contributed by atoms with Gasteiger partial charge in [0.1, 0.15) is 0 Å². The molecule has 0 unspecified atom stereocenters. The first-order chi connectivity index (χ1) is 2.00. The van der Waals surface area contributed by atoms with Crippen molar-refractivity contribution in [2.75, 3.05) is 0 Å². The van der Waals surface area contributed by atoms with Gasteiger partial charge < -0.3 is 0 Å². The van der Waals surface area contributed by atoms with E-state index >= 15 is 0 Å². The van der Waals surface area contributed by atoms with Crippen LogP contribution in [-0.4, -0.2) is 27.9 Å². The second-order valence-corrected chi connectivity index (χ2v) is 4.25. The first-order valence-electron chi connectivity index (χ1n) is 0.698. The van der Waals surface area contributed by atoms with E-state index in [-0.39, 0.29) is 19.5 Å². The molecule has 0 aromatic carbocycles. The molecule has 0 amide bonds. The molecule has 0 rings (SSSR count). The summed E-state index contributed by atoms with van der Waals surface area (Å²) >= 11 is 1.11. The van der Waals surface area contributed by atoms with E-state index < -0.39 is 8.54 Å². The van der Waals surface area contributed by atoms with Crippen LogP contribution in [0.5, 0.6) is 0 Å². The van der Waals surface area contributed by atoms with Gasteiger partial charge in [0.2, 0.25) is 0 Å². The summed E-state index contributed by atoms with van der Waals surface area (Å²) in [6, 6.07) is 0. The van der Waals surface area contributed by atoms with Crippen LogP contribution in [0.2, 0.25) is 0 Å². The van der Waals surface area contributed by atoms with E-state index in [1.165, 1.54) is 0 Å². The molecule has 6 heavy (non-hydrogen) atoms. The largest absolute Gasteiger partial charge is 0 e. The molecular weight excluding hydrogens is 224 g/mol. The van der Waals surface area contributed by atoms with Crippen molar-refractivity contribution < 1.29 is 32.4 Å². The Morgan fingerprint density at radius 3 is 1.50 bits per heavy atom. The molecule has 3 nitrogen and oxygen atoms in total. The Balaban J connectivity index is 0. The smallest absolute Gasteiger partial charge is 0 e. The van der Waals surface area contributed by atoms with Gasteiger partial charge in [-0.05, 0) is 0 Å². The normalized spacial score (nSPS) is 9.67. The van der Waals surface area contributed by atoms with Crippen LogP contribution < -0.4 is 0 Å². The monoisotopic (exact) mass is 226 g/mol. The van der Waals surface area contributed by atoms with Crippen molar-refractivity contribution in [1.29, 1.82) is 0 Å². The summed E-state index contributed by atoms with van der Waals surface area (Å²) in [5, 5.41) is 0. The molecule has 0 bridgehead atoms. The Kier molecular flexibility index (Phi) is 5.24. The molecule has 34 valence electrons. The van der Waals surface area contributed by atoms with E-state index in [0.29, 0.717) is 0 Å². The van der Waals surface area contributed by atoms with Crippen molar-refractivity contribution in [2.24, 2.45) is 0 Å². The topological polar surface area (TPSA) is 54.4 Å². The van der Waals surface area contributed by atoms with Gasteiger partial charge in [-0.25, -0.2) is 0 Å². The van der Waals surface area contributed by atoms with Crippen LogP contribution in [0.3, 0.4) is 0 Å².